The first-order valence-corrected chi connectivity index (χ1v) is 7.02. The lowest BCUT2D eigenvalue weighted by atomic mass is 10.3. The summed E-state index contributed by atoms with van der Waals surface area (Å²) in [4.78, 5) is 22.3. The number of ether oxygens (including phenoxy) is 2. The molecule has 0 aliphatic rings. The van der Waals surface area contributed by atoms with E-state index in [1.807, 2.05) is 6.92 Å². The minimum atomic E-state index is -2.14. The Kier molecular flexibility index (Phi) is 9.09. The summed E-state index contributed by atoms with van der Waals surface area (Å²) in [5.74, 6) is -0.847. The van der Waals surface area contributed by atoms with Crippen LogP contribution in [0.5, 0.6) is 0 Å². The molecule has 1 amide bonds. The van der Waals surface area contributed by atoms with Crippen molar-refractivity contribution < 1.29 is 32.9 Å². The summed E-state index contributed by atoms with van der Waals surface area (Å²) in [5.41, 5.74) is 0. The zero-order chi connectivity index (χ0) is 14.8. The van der Waals surface area contributed by atoms with E-state index in [-0.39, 0.29) is 18.7 Å². The standard InChI is InChI=1S/C10H19NO7S/c1-3-4-9(13)17-7(2)18-10(14)11-5-8(12)6-19(15)16/h7-8,12H,3-6H2,1-2H3,(H,11,14)(H,15,16)/t7?,8-/m1/s1. The molecule has 19 heavy (non-hydrogen) atoms. The summed E-state index contributed by atoms with van der Waals surface area (Å²) in [6.07, 6.45) is -2.22. The molecule has 8 nitrogen and oxygen atoms in total. The molecule has 3 atom stereocenters. The Morgan fingerprint density at radius 1 is 1.37 bits per heavy atom. The van der Waals surface area contributed by atoms with Gasteiger partial charge in [0.05, 0.1) is 11.9 Å². The molecule has 2 unspecified atom stereocenters. The third-order valence-electron chi connectivity index (χ3n) is 1.84. The number of aliphatic hydroxyl groups is 1. The maximum atomic E-state index is 11.2. The average molecular weight is 297 g/mol. The first-order chi connectivity index (χ1) is 8.85. The largest absolute Gasteiger partial charge is 0.425 e. The highest BCUT2D eigenvalue weighted by molar-refractivity contribution is 7.79. The predicted molar refractivity (Wildman–Crippen MR) is 66.6 cm³/mol. The van der Waals surface area contributed by atoms with Crippen molar-refractivity contribution in [2.75, 3.05) is 12.3 Å². The van der Waals surface area contributed by atoms with Gasteiger partial charge in [-0.05, 0) is 6.42 Å². The van der Waals surface area contributed by atoms with Crippen molar-refractivity contribution in [1.29, 1.82) is 0 Å². The molecule has 0 aromatic rings. The Morgan fingerprint density at radius 3 is 2.53 bits per heavy atom. The Morgan fingerprint density at radius 2 is 2.00 bits per heavy atom. The van der Waals surface area contributed by atoms with Crippen molar-refractivity contribution in [3.05, 3.63) is 0 Å². The van der Waals surface area contributed by atoms with Crippen LogP contribution in [0.15, 0.2) is 0 Å². The Hall–Kier alpha value is -1.19. The zero-order valence-corrected chi connectivity index (χ0v) is 11.6. The lowest BCUT2D eigenvalue weighted by Gasteiger charge is -2.15. The molecule has 0 aliphatic heterocycles. The Labute approximate surface area is 113 Å². The summed E-state index contributed by atoms with van der Waals surface area (Å²) >= 11 is -2.14. The van der Waals surface area contributed by atoms with E-state index >= 15 is 0 Å². The summed E-state index contributed by atoms with van der Waals surface area (Å²) < 4.78 is 28.3. The number of carbonyl (C=O) groups is 2. The molecule has 0 aliphatic carbocycles. The highest BCUT2D eigenvalue weighted by Gasteiger charge is 2.15. The van der Waals surface area contributed by atoms with Crippen LogP contribution in [0.2, 0.25) is 0 Å². The van der Waals surface area contributed by atoms with Crippen LogP contribution in [-0.4, -0.2) is 50.6 Å². The van der Waals surface area contributed by atoms with Crippen LogP contribution in [0.3, 0.4) is 0 Å². The number of amides is 1. The summed E-state index contributed by atoms with van der Waals surface area (Å²) in [6, 6.07) is 0. The third kappa shape index (κ3) is 10.4. The van der Waals surface area contributed by atoms with Gasteiger partial charge < -0.3 is 24.4 Å². The fourth-order valence-corrected chi connectivity index (χ4v) is 1.54. The van der Waals surface area contributed by atoms with Crippen LogP contribution in [0.4, 0.5) is 4.79 Å². The number of nitrogens with one attached hydrogen (secondary N) is 1. The lowest BCUT2D eigenvalue weighted by Crippen LogP contribution is -2.37. The molecule has 0 radical (unpaired) electrons. The second-order valence-corrected chi connectivity index (χ2v) is 4.71. The van der Waals surface area contributed by atoms with E-state index < -0.39 is 35.5 Å². The second kappa shape index (κ2) is 9.70. The van der Waals surface area contributed by atoms with Gasteiger partial charge in [-0.1, -0.05) is 6.92 Å². The van der Waals surface area contributed by atoms with Crippen molar-refractivity contribution in [2.24, 2.45) is 0 Å². The van der Waals surface area contributed by atoms with Crippen LogP contribution in [0.1, 0.15) is 26.7 Å². The van der Waals surface area contributed by atoms with Gasteiger partial charge in [-0.2, -0.15) is 0 Å². The summed E-state index contributed by atoms with van der Waals surface area (Å²) in [7, 11) is 0. The summed E-state index contributed by atoms with van der Waals surface area (Å²) in [5, 5.41) is 11.4. The number of hydrogen-bond donors (Lipinski definition) is 3. The molecule has 0 aromatic heterocycles. The molecule has 0 spiro atoms. The molecule has 0 aromatic carbocycles. The SMILES string of the molecule is CCCC(=O)OC(C)OC(=O)NC[C@@H](O)CS(=O)O. The van der Waals surface area contributed by atoms with Crippen molar-refractivity contribution in [2.45, 2.75) is 39.1 Å². The highest BCUT2D eigenvalue weighted by Crippen LogP contribution is 1.99. The third-order valence-corrected chi connectivity index (χ3v) is 2.51. The van der Waals surface area contributed by atoms with Gasteiger partial charge in [0.25, 0.3) is 0 Å². The lowest BCUT2D eigenvalue weighted by molar-refractivity contribution is -0.164. The van der Waals surface area contributed by atoms with E-state index in [2.05, 4.69) is 10.1 Å². The van der Waals surface area contributed by atoms with Gasteiger partial charge in [-0.25, -0.2) is 9.00 Å². The minimum Gasteiger partial charge on any atom is -0.425 e. The average Bonchev–Trinajstić information content (AvgIpc) is 2.25. The summed E-state index contributed by atoms with van der Waals surface area (Å²) in [6.45, 7) is 2.96. The maximum absolute atomic E-state index is 11.2. The molecule has 0 heterocycles. The highest BCUT2D eigenvalue weighted by atomic mass is 32.2. The van der Waals surface area contributed by atoms with Crippen molar-refractivity contribution in [3.8, 4) is 0 Å². The first-order valence-electron chi connectivity index (χ1n) is 5.74. The quantitative estimate of drug-likeness (QED) is 0.327. The number of aliphatic hydroxyl groups excluding tert-OH is 1. The molecule has 112 valence electrons. The molecule has 0 rings (SSSR count). The molecule has 3 N–H and O–H groups in total. The van der Waals surface area contributed by atoms with Gasteiger partial charge in [0.2, 0.25) is 6.29 Å². The number of hydrogen-bond acceptors (Lipinski definition) is 6. The molecule has 0 saturated heterocycles. The Bertz CT molecular complexity index is 323. The van der Waals surface area contributed by atoms with Gasteiger partial charge in [-0.3, -0.25) is 4.79 Å². The van der Waals surface area contributed by atoms with E-state index in [1.54, 1.807) is 0 Å². The van der Waals surface area contributed by atoms with Crippen LogP contribution < -0.4 is 5.32 Å². The molecule has 0 bridgehead atoms. The molecule has 0 fully saturated rings. The van der Waals surface area contributed by atoms with Crippen LogP contribution in [0.25, 0.3) is 0 Å². The van der Waals surface area contributed by atoms with Crippen molar-refractivity contribution >= 4 is 23.1 Å². The van der Waals surface area contributed by atoms with Crippen LogP contribution in [-0.2, 0) is 25.3 Å². The van der Waals surface area contributed by atoms with E-state index in [9.17, 15) is 18.9 Å². The van der Waals surface area contributed by atoms with Gasteiger partial charge in [0, 0.05) is 19.9 Å². The number of carbonyl (C=O) groups excluding carboxylic acids is 2. The number of rotatable bonds is 8. The van der Waals surface area contributed by atoms with Crippen molar-refractivity contribution in [3.63, 3.8) is 0 Å². The number of esters is 1. The van der Waals surface area contributed by atoms with Crippen molar-refractivity contribution in [1.82, 2.24) is 5.32 Å². The van der Waals surface area contributed by atoms with Gasteiger partial charge in [0.1, 0.15) is 0 Å². The number of alkyl carbamates (subject to hydrolysis) is 1. The van der Waals surface area contributed by atoms with Crippen LogP contribution >= 0.6 is 0 Å². The van der Waals surface area contributed by atoms with Gasteiger partial charge in [0.15, 0.2) is 11.1 Å². The second-order valence-electron chi connectivity index (χ2n) is 3.74. The van der Waals surface area contributed by atoms with Crippen LogP contribution in [0, 0.1) is 0 Å². The minimum absolute atomic E-state index is 0.232. The van der Waals surface area contributed by atoms with E-state index in [4.69, 9.17) is 9.29 Å². The normalized spacial score (nSPS) is 15.2. The van der Waals surface area contributed by atoms with E-state index in [0.717, 1.165) is 0 Å². The smallest absolute Gasteiger partial charge is 0.410 e. The fourth-order valence-electron chi connectivity index (χ4n) is 1.09. The first kappa shape index (κ1) is 17.8. The van der Waals surface area contributed by atoms with E-state index in [1.165, 1.54) is 6.92 Å². The van der Waals surface area contributed by atoms with Gasteiger partial charge in [-0.15, -0.1) is 0 Å². The monoisotopic (exact) mass is 297 g/mol. The topological polar surface area (TPSA) is 122 Å². The van der Waals surface area contributed by atoms with Gasteiger partial charge >= 0.3 is 12.1 Å². The fraction of sp³-hybridized carbons (Fsp3) is 0.800. The Balaban J connectivity index is 3.84. The van der Waals surface area contributed by atoms with E-state index in [0.29, 0.717) is 6.42 Å². The maximum Gasteiger partial charge on any atom is 0.410 e. The molecular weight excluding hydrogens is 278 g/mol. The molecular formula is C10H19NO7S. The molecule has 0 saturated carbocycles. The predicted octanol–water partition coefficient (Wildman–Crippen LogP) is -0.0155. The zero-order valence-electron chi connectivity index (χ0n) is 10.8. The molecule has 9 heteroatoms.